The monoisotopic (exact) mass is 972 g/mol. The van der Waals surface area contributed by atoms with E-state index in [0.717, 1.165) is 70.6 Å². The second-order valence-electron chi connectivity index (χ2n) is 20.1. The minimum absolute atomic E-state index is 0.137. The molecule has 0 aromatic carbocycles. The summed E-state index contributed by atoms with van der Waals surface area (Å²) in [5.74, 6) is -0.144. The van der Waals surface area contributed by atoms with Crippen molar-refractivity contribution in [1.82, 2.24) is 5.32 Å². The molecule has 7 atom stereocenters. The van der Waals surface area contributed by atoms with E-state index in [2.05, 4.69) is 79.9 Å². The number of aliphatic hydroxyl groups excluding tert-OH is 5. The van der Waals surface area contributed by atoms with Crippen LogP contribution in [0.25, 0.3) is 0 Å². The van der Waals surface area contributed by atoms with Crippen molar-refractivity contribution < 1.29 is 39.8 Å². The summed E-state index contributed by atoms with van der Waals surface area (Å²) in [6.07, 6.45) is 59.7. The zero-order valence-electron chi connectivity index (χ0n) is 44.6. The first kappa shape index (κ1) is 64.9. The number of amides is 1. The summed E-state index contributed by atoms with van der Waals surface area (Å²) >= 11 is 0. The zero-order chi connectivity index (χ0) is 50.1. The maximum Gasteiger partial charge on any atom is 0.220 e. The third-order valence-corrected chi connectivity index (χ3v) is 13.6. The Kier molecular flexibility index (Phi) is 46.5. The van der Waals surface area contributed by atoms with Crippen LogP contribution in [0.5, 0.6) is 0 Å². The Morgan fingerprint density at radius 3 is 1.33 bits per heavy atom. The Hall–Kier alpha value is -2.11. The second-order valence-corrected chi connectivity index (χ2v) is 20.1. The molecule has 1 fully saturated rings. The van der Waals surface area contributed by atoms with Crippen molar-refractivity contribution in [2.75, 3.05) is 13.2 Å². The van der Waals surface area contributed by atoms with Crippen molar-refractivity contribution in [1.29, 1.82) is 0 Å². The van der Waals surface area contributed by atoms with Crippen LogP contribution in [-0.2, 0) is 14.3 Å². The van der Waals surface area contributed by atoms with Gasteiger partial charge in [0.25, 0.3) is 0 Å². The van der Waals surface area contributed by atoms with E-state index in [0.29, 0.717) is 12.8 Å². The van der Waals surface area contributed by atoms with Gasteiger partial charge >= 0.3 is 0 Å². The molecule has 9 heteroatoms. The van der Waals surface area contributed by atoms with Crippen LogP contribution >= 0.6 is 0 Å². The first-order chi connectivity index (χ1) is 33.8. The van der Waals surface area contributed by atoms with Crippen LogP contribution in [0.3, 0.4) is 0 Å². The number of hydrogen-bond donors (Lipinski definition) is 6. The highest BCUT2D eigenvalue weighted by atomic mass is 16.7. The van der Waals surface area contributed by atoms with Crippen LogP contribution in [0, 0.1) is 0 Å². The molecule has 9 nitrogen and oxygen atoms in total. The summed E-state index contributed by atoms with van der Waals surface area (Å²) in [6, 6.07) is -0.719. The van der Waals surface area contributed by atoms with Crippen molar-refractivity contribution >= 4 is 5.91 Å². The van der Waals surface area contributed by atoms with E-state index in [-0.39, 0.29) is 12.5 Å². The Labute approximate surface area is 424 Å². The predicted molar refractivity (Wildman–Crippen MR) is 290 cm³/mol. The average molecular weight is 973 g/mol. The number of carbonyl (C=O) groups is 1. The fourth-order valence-corrected chi connectivity index (χ4v) is 9.07. The van der Waals surface area contributed by atoms with Crippen LogP contribution in [-0.4, -0.2) is 87.5 Å². The van der Waals surface area contributed by atoms with E-state index in [9.17, 15) is 30.3 Å². The van der Waals surface area contributed by atoms with Gasteiger partial charge in [-0.1, -0.05) is 254 Å². The highest BCUT2D eigenvalue weighted by Gasteiger charge is 2.44. The lowest BCUT2D eigenvalue weighted by Gasteiger charge is -2.40. The number of allylic oxidation sites excluding steroid dienone is 10. The van der Waals surface area contributed by atoms with E-state index in [1.165, 1.54) is 161 Å². The number of rotatable bonds is 49. The zero-order valence-corrected chi connectivity index (χ0v) is 44.6. The maximum absolute atomic E-state index is 13.1. The molecule has 7 unspecified atom stereocenters. The summed E-state index contributed by atoms with van der Waals surface area (Å²) in [6.45, 7) is 3.73. The molecule has 1 aliphatic heterocycles. The minimum Gasteiger partial charge on any atom is -0.394 e. The Morgan fingerprint density at radius 1 is 0.507 bits per heavy atom. The third kappa shape index (κ3) is 39.1. The molecule has 0 aliphatic carbocycles. The normalized spacial score (nSPS) is 19.9. The van der Waals surface area contributed by atoms with Gasteiger partial charge in [0, 0.05) is 6.42 Å². The van der Waals surface area contributed by atoms with E-state index >= 15 is 0 Å². The highest BCUT2D eigenvalue weighted by Crippen LogP contribution is 2.23. The number of hydrogen-bond acceptors (Lipinski definition) is 8. The van der Waals surface area contributed by atoms with Gasteiger partial charge in [0.05, 0.1) is 25.4 Å². The standard InChI is InChI=1S/C60H109NO8/c1-3-5-7-9-11-13-15-17-18-19-20-21-22-23-24-25-26-27-28-29-30-31-32-33-34-35-36-38-40-42-44-46-48-50-56(64)61-53(52-68-60-59(67)58(66)57(65)55(51-62)69-60)54(63)49-47-45-43-41-39-37-16-14-12-10-8-6-4-2/h5,7,11,13,17-18,20-21,23-24,53-55,57-60,62-63,65-67H,3-4,6,8-10,12,14-16,19,22,25-52H2,1-2H3,(H,61,64)/b7-5-,13-11-,18-17-,21-20-,24-23-. The number of aliphatic hydroxyl groups is 5. The van der Waals surface area contributed by atoms with E-state index in [1.807, 2.05) is 0 Å². The fraction of sp³-hybridized carbons (Fsp3) is 0.817. The van der Waals surface area contributed by atoms with Gasteiger partial charge in [0.1, 0.15) is 24.4 Å². The average Bonchev–Trinajstić information content (AvgIpc) is 3.35. The van der Waals surface area contributed by atoms with Gasteiger partial charge in [0.2, 0.25) is 5.91 Å². The molecule has 0 spiro atoms. The van der Waals surface area contributed by atoms with Gasteiger partial charge in [-0.3, -0.25) is 4.79 Å². The quantitative estimate of drug-likeness (QED) is 0.0261. The minimum atomic E-state index is -1.55. The van der Waals surface area contributed by atoms with Crippen molar-refractivity contribution in [3.8, 4) is 0 Å². The number of nitrogens with one attached hydrogen (secondary N) is 1. The summed E-state index contributed by atoms with van der Waals surface area (Å²) in [5, 5.41) is 54.6. The Balaban J connectivity index is 2.11. The molecular weight excluding hydrogens is 863 g/mol. The lowest BCUT2D eigenvalue weighted by molar-refractivity contribution is -0.302. The first-order valence-corrected chi connectivity index (χ1v) is 29.0. The predicted octanol–water partition coefficient (Wildman–Crippen LogP) is 14.3. The molecule has 69 heavy (non-hydrogen) atoms. The highest BCUT2D eigenvalue weighted by molar-refractivity contribution is 5.76. The molecule has 1 aliphatic rings. The lowest BCUT2D eigenvalue weighted by atomic mass is 9.99. The van der Waals surface area contributed by atoms with Crippen molar-refractivity contribution in [3.63, 3.8) is 0 Å². The molecule has 0 bridgehead atoms. The van der Waals surface area contributed by atoms with Crippen molar-refractivity contribution in [3.05, 3.63) is 60.8 Å². The van der Waals surface area contributed by atoms with Crippen molar-refractivity contribution in [2.24, 2.45) is 0 Å². The van der Waals surface area contributed by atoms with Crippen LogP contribution in [0.15, 0.2) is 60.8 Å². The third-order valence-electron chi connectivity index (χ3n) is 13.6. The van der Waals surface area contributed by atoms with Gasteiger partial charge in [-0.15, -0.1) is 0 Å². The number of ether oxygens (including phenoxy) is 2. The molecule has 1 heterocycles. The molecule has 1 rings (SSSR count). The molecule has 402 valence electrons. The van der Waals surface area contributed by atoms with E-state index in [4.69, 9.17) is 9.47 Å². The van der Waals surface area contributed by atoms with Gasteiger partial charge in [-0.05, 0) is 57.8 Å². The van der Waals surface area contributed by atoms with Gasteiger partial charge in [0.15, 0.2) is 6.29 Å². The molecule has 1 amide bonds. The molecule has 0 radical (unpaired) electrons. The fourth-order valence-electron chi connectivity index (χ4n) is 9.07. The summed E-state index contributed by atoms with van der Waals surface area (Å²) in [7, 11) is 0. The van der Waals surface area contributed by atoms with Gasteiger partial charge in [-0.25, -0.2) is 0 Å². The SMILES string of the molecule is CC/C=C\C/C=C\C/C=C\C/C=C\C/C=C\CCCCCCCCCCCCCCCCCCCC(=O)NC(COC1OC(CO)C(O)C(O)C1O)C(O)CCCCCCCCCCCCCCC. The van der Waals surface area contributed by atoms with Gasteiger partial charge in [-0.2, -0.15) is 0 Å². The summed E-state index contributed by atoms with van der Waals surface area (Å²) < 4.78 is 11.3. The van der Waals surface area contributed by atoms with Crippen LogP contribution in [0.2, 0.25) is 0 Å². The Bertz CT molecular complexity index is 1270. The summed E-state index contributed by atoms with van der Waals surface area (Å²) in [5.41, 5.74) is 0. The molecule has 0 saturated carbocycles. The molecule has 0 aromatic rings. The summed E-state index contributed by atoms with van der Waals surface area (Å²) in [4.78, 5) is 13.1. The van der Waals surface area contributed by atoms with E-state index < -0.39 is 49.5 Å². The van der Waals surface area contributed by atoms with Crippen LogP contribution in [0.4, 0.5) is 0 Å². The molecule has 1 saturated heterocycles. The second kappa shape index (κ2) is 49.5. The molecule has 6 N–H and O–H groups in total. The maximum atomic E-state index is 13.1. The van der Waals surface area contributed by atoms with Gasteiger partial charge < -0.3 is 40.3 Å². The van der Waals surface area contributed by atoms with Crippen LogP contribution < -0.4 is 5.32 Å². The molecule has 0 aromatic heterocycles. The molecular formula is C60H109NO8. The number of carbonyl (C=O) groups excluding carboxylic acids is 1. The first-order valence-electron chi connectivity index (χ1n) is 29.0. The smallest absolute Gasteiger partial charge is 0.220 e. The lowest BCUT2D eigenvalue weighted by Crippen LogP contribution is -2.60. The largest absolute Gasteiger partial charge is 0.394 e. The van der Waals surface area contributed by atoms with Crippen LogP contribution in [0.1, 0.15) is 258 Å². The van der Waals surface area contributed by atoms with Crippen molar-refractivity contribution in [2.45, 2.75) is 301 Å². The Morgan fingerprint density at radius 2 is 0.899 bits per heavy atom. The van der Waals surface area contributed by atoms with E-state index in [1.54, 1.807) is 0 Å². The topological polar surface area (TPSA) is 149 Å². The number of unbranched alkanes of at least 4 members (excludes halogenated alkanes) is 29.